The highest BCUT2D eigenvalue weighted by Gasteiger charge is 2.19. The van der Waals surface area contributed by atoms with Crippen molar-refractivity contribution in [3.63, 3.8) is 0 Å². The molecule has 5 heteroatoms. The summed E-state index contributed by atoms with van der Waals surface area (Å²) in [5.74, 6) is 0.0252. The predicted octanol–water partition coefficient (Wildman–Crippen LogP) is 3.31. The number of hydrogen-bond donors (Lipinski definition) is 2. The first-order chi connectivity index (χ1) is 11.4. The number of anilines is 1. The van der Waals surface area contributed by atoms with Crippen LogP contribution in [0.5, 0.6) is 5.75 Å². The minimum atomic E-state index is -0.717. The number of rotatable bonds is 6. The molecule has 5 nitrogen and oxygen atoms in total. The first-order valence-electron chi connectivity index (χ1n) is 7.85. The summed E-state index contributed by atoms with van der Waals surface area (Å²) in [5, 5.41) is 2.70. The average molecular weight is 326 g/mol. The van der Waals surface area contributed by atoms with E-state index in [0.29, 0.717) is 11.4 Å². The fraction of sp³-hybridized carbons (Fsp3) is 0.263. The Balaban J connectivity index is 2.13. The van der Waals surface area contributed by atoms with Crippen molar-refractivity contribution in [3.8, 4) is 5.75 Å². The lowest BCUT2D eigenvalue weighted by atomic mass is 10.0. The quantitative estimate of drug-likeness (QED) is 0.854. The highest BCUT2D eigenvalue weighted by atomic mass is 16.5. The molecule has 0 aliphatic rings. The molecule has 2 aromatic carbocycles. The number of amides is 2. The van der Waals surface area contributed by atoms with E-state index in [4.69, 9.17) is 10.5 Å². The molecule has 2 rings (SSSR count). The van der Waals surface area contributed by atoms with Crippen LogP contribution < -0.4 is 15.8 Å². The van der Waals surface area contributed by atoms with E-state index in [9.17, 15) is 9.59 Å². The first kappa shape index (κ1) is 17.5. The summed E-state index contributed by atoms with van der Waals surface area (Å²) >= 11 is 0. The first-order valence-corrected chi connectivity index (χ1v) is 7.85. The topological polar surface area (TPSA) is 81.4 Å². The predicted molar refractivity (Wildman–Crippen MR) is 94.2 cm³/mol. The van der Waals surface area contributed by atoms with Crippen LogP contribution in [-0.2, 0) is 4.79 Å². The molecule has 0 saturated heterocycles. The fourth-order valence-corrected chi connectivity index (χ4v) is 2.35. The molecule has 126 valence electrons. The lowest BCUT2D eigenvalue weighted by Gasteiger charge is -2.19. The zero-order valence-corrected chi connectivity index (χ0v) is 14.1. The van der Waals surface area contributed by atoms with Crippen molar-refractivity contribution in [3.05, 3.63) is 59.7 Å². The van der Waals surface area contributed by atoms with Crippen molar-refractivity contribution in [2.24, 2.45) is 5.73 Å². The van der Waals surface area contributed by atoms with E-state index in [1.54, 1.807) is 31.2 Å². The average Bonchev–Trinajstić information content (AvgIpc) is 2.55. The van der Waals surface area contributed by atoms with Gasteiger partial charge in [-0.15, -0.1) is 0 Å². The van der Waals surface area contributed by atoms with Gasteiger partial charge in [0.15, 0.2) is 6.10 Å². The second kappa shape index (κ2) is 7.64. The van der Waals surface area contributed by atoms with Gasteiger partial charge in [-0.3, -0.25) is 9.59 Å². The van der Waals surface area contributed by atoms with E-state index in [1.807, 2.05) is 24.3 Å². The molecule has 0 heterocycles. The van der Waals surface area contributed by atoms with Gasteiger partial charge in [0.25, 0.3) is 11.8 Å². The van der Waals surface area contributed by atoms with Gasteiger partial charge in [0.2, 0.25) is 0 Å². The van der Waals surface area contributed by atoms with Crippen molar-refractivity contribution in [2.45, 2.75) is 32.8 Å². The summed E-state index contributed by atoms with van der Waals surface area (Å²) in [5.41, 5.74) is 7.00. The van der Waals surface area contributed by atoms with Gasteiger partial charge in [0.05, 0.1) is 11.3 Å². The summed E-state index contributed by atoms with van der Waals surface area (Å²) < 4.78 is 5.81. The van der Waals surface area contributed by atoms with Crippen LogP contribution in [0.4, 0.5) is 5.69 Å². The van der Waals surface area contributed by atoms with E-state index in [1.165, 1.54) is 0 Å². The normalized spacial score (nSPS) is 11.8. The van der Waals surface area contributed by atoms with Crippen LogP contribution in [0.3, 0.4) is 0 Å². The maximum Gasteiger partial charge on any atom is 0.265 e. The summed E-state index contributed by atoms with van der Waals surface area (Å²) in [7, 11) is 0. The van der Waals surface area contributed by atoms with E-state index < -0.39 is 12.0 Å². The second-order valence-electron chi connectivity index (χ2n) is 5.85. The highest BCUT2D eigenvalue weighted by Crippen LogP contribution is 2.27. The van der Waals surface area contributed by atoms with Crippen molar-refractivity contribution in [2.75, 3.05) is 5.32 Å². The summed E-state index contributed by atoms with van der Waals surface area (Å²) in [6.07, 6.45) is -0.717. The number of nitrogens with one attached hydrogen (secondary N) is 1. The van der Waals surface area contributed by atoms with Gasteiger partial charge in [0.1, 0.15) is 5.75 Å². The number of hydrogen-bond acceptors (Lipinski definition) is 3. The smallest absolute Gasteiger partial charge is 0.265 e. The Morgan fingerprint density at radius 1 is 1.00 bits per heavy atom. The van der Waals surface area contributed by atoms with E-state index in [-0.39, 0.29) is 17.4 Å². The molecular formula is C19H22N2O3. The number of nitrogens with two attached hydrogens (primary N) is 1. The minimum Gasteiger partial charge on any atom is -0.481 e. The van der Waals surface area contributed by atoms with Crippen molar-refractivity contribution < 1.29 is 14.3 Å². The lowest BCUT2D eigenvalue weighted by Crippen LogP contribution is -2.31. The Bertz CT molecular complexity index is 741. The standard InChI is InChI=1S/C19H22N2O3/c1-12(2)14-8-5-7-11-17(14)24-13(3)19(23)21-16-10-6-4-9-15(16)18(20)22/h4-13H,1-3H3,(H2,20,22)(H,21,23). The Kier molecular flexibility index (Phi) is 5.58. The molecule has 2 aromatic rings. The van der Waals surface area contributed by atoms with Gasteiger partial charge < -0.3 is 15.8 Å². The largest absolute Gasteiger partial charge is 0.481 e. The van der Waals surface area contributed by atoms with Crippen LogP contribution >= 0.6 is 0 Å². The van der Waals surface area contributed by atoms with Gasteiger partial charge in [-0.2, -0.15) is 0 Å². The number of benzene rings is 2. The minimum absolute atomic E-state index is 0.264. The summed E-state index contributed by atoms with van der Waals surface area (Å²) in [6.45, 7) is 5.80. The zero-order valence-electron chi connectivity index (χ0n) is 14.1. The Labute approximate surface area is 141 Å². The van der Waals surface area contributed by atoms with Crippen molar-refractivity contribution in [1.29, 1.82) is 0 Å². The van der Waals surface area contributed by atoms with Crippen molar-refractivity contribution >= 4 is 17.5 Å². The van der Waals surface area contributed by atoms with Crippen LogP contribution in [0.15, 0.2) is 48.5 Å². The molecule has 0 fully saturated rings. The molecule has 0 aliphatic heterocycles. The zero-order chi connectivity index (χ0) is 17.7. The molecule has 0 spiro atoms. The van der Waals surface area contributed by atoms with Gasteiger partial charge in [-0.1, -0.05) is 44.2 Å². The van der Waals surface area contributed by atoms with Crippen LogP contribution in [-0.4, -0.2) is 17.9 Å². The Morgan fingerprint density at radius 2 is 1.62 bits per heavy atom. The molecule has 1 atom stereocenters. The second-order valence-corrected chi connectivity index (χ2v) is 5.85. The molecule has 0 aliphatic carbocycles. The molecule has 2 amide bonds. The third-order valence-corrected chi connectivity index (χ3v) is 3.66. The number of carbonyl (C=O) groups is 2. The number of para-hydroxylation sites is 2. The van der Waals surface area contributed by atoms with Crippen LogP contribution in [0.25, 0.3) is 0 Å². The Hall–Kier alpha value is -2.82. The van der Waals surface area contributed by atoms with Gasteiger partial charge in [-0.25, -0.2) is 0 Å². The third-order valence-electron chi connectivity index (χ3n) is 3.66. The SMILES string of the molecule is CC(Oc1ccccc1C(C)C)C(=O)Nc1ccccc1C(N)=O. The molecule has 0 aromatic heterocycles. The van der Waals surface area contributed by atoms with Crippen molar-refractivity contribution in [1.82, 2.24) is 0 Å². The molecule has 0 radical (unpaired) electrons. The number of ether oxygens (including phenoxy) is 1. The maximum absolute atomic E-state index is 12.4. The Morgan fingerprint density at radius 3 is 2.29 bits per heavy atom. The van der Waals surface area contributed by atoms with Crippen LogP contribution in [0.1, 0.15) is 42.6 Å². The maximum atomic E-state index is 12.4. The third kappa shape index (κ3) is 4.13. The fourth-order valence-electron chi connectivity index (χ4n) is 2.35. The van der Waals surface area contributed by atoms with Crippen LogP contribution in [0.2, 0.25) is 0 Å². The monoisotopic (exact) mass is 326 g/mol. The van der Waals surface area contributed by atoms with E-state index >= 15 is 0 Å². The van der Waals surface area contributed by atoms with Gasteiger partial charge >= 0.3 is 0 Å². The highest BCUT2D eigenvalue weighted by molar-refractivity contribution is 6.03. The summed E-state index contributed by atoms with van der Waals surface area (Å²) in [6, 6.07) is 14.2. The lowest BCUT2D eigenvalue weighted by molar-refractivity contribution is -0.122. The molecule has 3 N–H and O–H groups in total. The van der Waals surface area contributed by atoms with Crippen LogP contribution in [0, 0.1) is 0 Å². The number of primary amides is 1. The van der Waals surface area contributed by atoms with E-state index in [0.717, 1.165) is 5.56 Å². The molecule has 0 saturated carbocycles. The number of carbonyl (C=O) groups excluding carboxylic acids is 2. The molecule has 24 heavy (non-hydrogen) atoms. The summed E-state index contributed by atoms with van der Waals surface area (Å²) in [4.78, 5) is 23.8. The van der Waals surface area contributed by atoms with E-state index in [2.05, 4.69) is 19.2 Å². The molecule has 1 unspecified atom stereocenters. The van der Waals surface area contributed by atoms with Gasteiger partial charge in [-0.05, 0) is 36.6 Å². The molecular weight excluding hydrogens is 304 g/mol. The molecule has 0 bridgehead atoms. The van der Waals surface area contributed by atoms with Gasteiger partial charge in [0, 0.05) is 0 Å².